The minimum Gasteiger partial charge on any atom is -1.00 e. The van der Waals surface area contributed by atoms with Gasteiger partial charge in [0.25, 0.3) is 0 Å². The monoisotopic (exact) mass is 329 g/mol. The molecule has 5 heteroatoms. The van der Waals surface area contributed by atoms with Gasteiger partial charge in [0, 0.05) is 12.0 Å². The molecule has 1 aromatic carbocycles. The summed E-state index contributed by atoms with van der Waals surface area (Å²) in [5.74, 6) is 0.690. The molecule has 0 atom stereocenters. The molecule has 0 bridgehead atoms. The zero-order valence-electron chi connectivity index (χ0n) is 13.0. The van der Waals surface area contributed by atoms with Crippen molar-refractivity contribution < 1.29 is 25.3 Å². The Labute approximate surface area is 134 Å². The van der Waals surface area contributed by atoms with Crippen LogP contribution in [0.2, 0.25) is 0 Å². The molecule has 0 unspecified atom stereocenters. The first-order valence-electron chi connectivity index (χ1n) is 7.38. The van der Waals surface area contributed by atoms with Gasteiger partial charge in [-0.15, -0.1) is 0 Å². The molecular formula is C16H24ClNO2S. The zero-order chi connectivity index (χ0) is 14.6. The maximum Gasteiger partial charge on any atom is 0.161 e. The highest BCUT2D eigenvalue weighted by Gasteiger charge is 2.50. The number of sulfone groups is 1. The Morgan fingerprint density at radius 1 is 1.10 bits per heavy atom. The Hall–Kier alpha value is -0.580. The van der Waals surface area contributed by atoms with Crippen LogP contribution < -0.4 is 12.4 Å². The van der Waals surface area contributed by atoms with Crippen LogP contribution in [-0.2, 0) is 22.8 Å². The maximum atomic E-state index is 11.8. The van der Waals surface area contributed by atoms with Crippen molar-refractivity contribution in [2.24, 2.45) is 0 Å². The van der Waals surface area contributed by atoms with Gasteiger partial charge in [-0.1, -0.05) is 23.8 Å². The van der Waals surface area contributed by atoms with Crippen molar-refractivity contribution in [3.8, 4) is 0 Å². The van der Waals surface area contributed by atoms with Crippen LogP contribution >= 0.6 is 0 Å². The van der Waals surface area contributed by atoms with Crippen LogP contribution in [0.4, 0.5) is 0 Å². The molecule has 0 amide bonds. The van der Waals surface area contributed by atoms with Crippen molar-refractivity contribution in [2.75, 3.05) is 24.6 Å². The zero-order valence-corrected chi connectivity index (χ0v) is 14.6. The normalized spacial score (nSPS) is 24.9. The van der Waals surface area contributed by atoms with E-state index in [1.807, 2.05) is 0 Å². The van der Waals surface area contributed by atoms with E-state index in [4.69, 9.17) is 0 Å². The number of halogens is 1. The first-order valence-corrected chi connectivity index (χ1v) is 9.20. The van der Waals surface area contributed by atoms with E-state index in [0.29, 0.717) is 11.5 Å². The molecule has 21 heavy (non-hydrogen) atoms. The molecule has 3 rings (SSSR count). The topological polar surface area (TPSA) is 34.1 Å². The van der Waals surface area contributed by atoms with Crippen LogP contribution in [0.3, 0.4) is 0 Å². The van der Waals surface area contributed by atoms with Crippen molar-refractivity contribution in [1.29, 1.82) is 0 Å². The van der Waals surface area contributed by atoms with E-state index in [1.54, 1.807) is 0 Å². The molecule has 2 heterocycles. The van der Waals surface area contributed by atoms with Crippen molar-refractivity contribution in [3.63, 3.8) is 0 Å². The van der Waals surface area contributed by atoms with Crippen LogP contribution in [0.5, 0.6) is 0 Å². The predicted molar refractivity (Wildman–Crippen MR) is 81.3 cm³/mol. The number of benzene rings is 1. The molecule has 0 saturated carbocycles. The third kappa shape index (κ3) is 2.86. The second kappa shape index (κ2) is 5.25. The second-order valence-corrected chi connectivity index (χ2v) is 9.47. The van der Waals surface area contributed by atoms with Gasteiger partial charge in [-0.25, -0.2) is 8.42 Å². The second-order valence-electron chi connectivity index (χ2n) is 7.16. The van der Waals surface area contributed by atoms with E-state index >= 15 is 0 Å². The molecule has 1 aromatic rings. The Morgan fingerprint density at radius 2 is 1.71 bits per heavy atom. The number of nitrogens with zero attached hydrogens (tertiary/aromatic N) is 1. The summed E-state index contributed by atoms with van der Waals surface area (Å²) in [4.78, 5) is 0. The van der Waals surface area contributed by atoms with E-state index in [-0.39, 0.29) is 17.9 Å². The van der Waals surface area contributed by atoms with Crippen LogP contribution in [0.1, 0.15) is 30.5 Å². The predicted octanol–water partition coefficient (Wildman–Crippen LogP) is -0.921. The van der Waals surface area contributed by atoms with Gasteiger partial charge < -0.3 is 16.9 Å². The van der Waals surface area contributed by atoms with Crippen LogP contribution in [0, 0.1) is 6.92 Å². The van der Waals surface area contributed by atoms with Gasteiger partial charge in [0.1, 0.15) is 6.54 Å². The molecule has 0 aliphatic carbocycles. The van der Waals surface area contributed by atoms with Gasteiger partial charge in [0.15, 0.2) is 9.84 Å². The van der Waals surface area contributed by atoms with Crippen LogP contribution in [0.15, 0.2) is 18.2 Å². The molecule has 2 aliphatic rings. The highest BCUT2D eigenvalue weighted by Crippen LogP contribution is 2.39. The molecule has 2 aliphatic heterocycles. The molecule has 1 fully saturated rings. The van der Waals surface area contributed by atoms with E-state index < -0.39 is 9.84 Å². The number of fused-ring (bicyclic) bond motifs is 1. The lowest BCUT2D eigenvalue weighted by Gasteiger charge is -2.55. The maximum absolute atomic E-state index is 11.8. The number of aryl methyl sites for hydroxylation is 1. The lowest BCUT2D eigenvalue weighted by molar-refractivity contribution is -0.984. The molecule has 0 radical (unpaired) electrons. The number of hydrogen-bond donors (Lipinski definition) is 0. The molecule has 0 N–H and O–H groups in total. The minimum atomic E-state index is -2.81. The van der Waals surface area contributed by atoms with Crippen LogP contribution in [0.25, 0.3) is 0 Å². The Bertz CT molecular complexity index is 638. The first kappa shape index (κ1) is 16.8. The van der Waals surface area contributed by atoms with E-state index in [9.17, 15) is 8.42 Å². The van der Waals surface area contributed by atoms with Crippen molar-refractivity contribution in [3.05, 3.63) is 34.9 Å². The van der Waals surface area contributed by atoms with E-state index in [0.717, 1.165) is 30.5 Å². The van der Waals surface area contributed by atoms with Crippen molar-refractivity contribution in [2.45, 2.75) is 39.3 Å². The summed E-state index contributed by atoms with van der Waals surface area (Å²) in [6, 6.07) is 6.72. The Kier molecular flexibility index (Phi) is 4.20. The summed E-state index contributed by atoms with van der Waals surface area (Å²) in [5.41, 5.74) is 4.28. The van der Waals surface area contributed by atoms with Crippen molar-refractivity contribution in [1.82, 2.24) is 0 Å². The highest BCUT2D eigenvalue weighted by molar-refractivity contribution is 7.91. The van der Waals surface area contributed by atoms with Gasteiger partial charge in [0.05, 0.1) is 30.1 Å². The SMILES string of the molecule is Cc1ccc2c(c1)C[N+]1(CCS(=O)(=O)CC1)C(C)(C)C2.[Cl-]. The minimum absolute atomic E-state index is 0. The highest BCUT2D eigenvalue weighted by atomic mass is 35.5. The molecule has 118 valence electrons. The average Bonchev–Trinajstić information content (AvgIpc) is 2.34. The van der Waals surface area contributed by atoms with Gasteiger partial charge in [-0.3, -0.25) is 0 Å². The summed E-state index contributed by atoms with van der Waals surface area (Å²) in [6.45, 7) is 9.25. The van der Waals surface area contributed by atoms with Crippen LogP contribution in [-0.4, -0.2) is 43.0 Å². The third-order valence-electron chi connectivity index (χ3n) is 5.40. The number of rotatable bonds is 0. The molecule has 1 saturated heterocycles. The largest absolute Gasteiger partial charge is 1.00 e. The Balaban J connectivity index is 0.00000161. The molecule has 0 aromatic heterocycles. The number of quaternary nitrogens is 1. The number of hydrogen-bond acceptors (Lipinski definition) is 2. The fraction of sp³-hybridized carbons (Fsp3) is 0.625. The average molecular weight is 330 g/mol. The fourth-order valence-corrected chi connectivity index (χ4v) is 5.31. The summed E-state index contributed by atoms with van der Waals surface area (Å²) in [6.07, 6.45) is 1.04. The van der Waals surface area contributed by atoms with Gasteiger partial charge in [0.2, 0.25) is 0 Å². The summed E-state index contributed by atoms with van der Waals surface area (Å²) < 4.78 is 24.5. The Morgan fingerprint density at radius 3 is 2.33 bits per heavy atom. The van der Waals surface area contributed by atoms with E-state index in [1.165, 1.54) is 16.7 Å². The van der Waals surface area contributed by atoms with E-state index in [2.05, 4.69) is 39.0 Å². The lowest BCUT2D eigenvalue weighted by atomic mass is 9.82. The lowest BCUT2D eigenvalue weighted by Crippen LogP contribution is -3.00. The first-order chi connectivity index (χ1) is 9.23. The summed E-state index contributed by atoms with van der Waals surface area (Å²) in [5, 5.41) is 0. The molecular weight excluding hydrogens is 306 g/mol. The summed E-state index contributed by atoms with van der Waals surface area (Å²) in [7, 11) is -2.81. The molecule has 1 spiro atoms. The summed E-state index contributed by atoms with van der Waals surface area (Å²) >= 11 is 0. The quantitative estimate of drug-likeness (QED) is 0.577. The smallest absolute Gasteiger partial charge is 0.161 e. The van der Waals surface area contributed by atoms with Gasteiger partial charge in [-0.05, 0) is 26.3 Å². The standard InChI is InChI=1S/C16H24NO2S.ClH/c1-13-4-5-14-11-16(2,3)17(12-15(14)10-13)6-8-20(18,19)9-7-17;/h4-5,10H,6-9,11-12H2,1-3H3;1H/q+1;/p-1. The molecule has 3 nitrogen and oxygen atoms in total. The third-order valence-corrected chi connectivity index (χ3v) is 7.01. The van der Waals surface area contributed by atoms with Crippen molar-refractivity contribution >= 4 is 9.84 Å². The fourth-order valence-electron chi connectivity index (χ4n) is 3.85. The van der Waals surface area contributed by atoms with Gasteiger partial charge >= 0.3 is 0 Å². The van der Waals surface area contributed by atoms with Gasteiger partial charge in [-0.2, -0.15) is 0 Å².